The molecular formula is C10H14F4N2S. The molecule has 0 fully saturated rings. The van der Waals surface area contributed by atoms with Gasteiger partial charge in [-0.2, -0.15) is 8.78 Å². The minimum Gasteiger partial charge on any atom is -0.337 e. The molecule has 0 aliphatic rings. The van der Waals surface area contributed by atoms with E-state index in [1.165, 1.54) is 6.20 Å². The molecule has 1 N–H and O–H groups in total. The van der Waals surface area contributed by atoms with Gasteiger partial charge in [0.15, 0.2) is 4.77 Å². The van der Waals surface area contributed by atoms with Crippen LogP contribution < -0.4 is 0 Å². The van der Waals surface area contributed by atoms with E-state index in [0.29, 0.717) is 5.69 Å². The number of nitrogens with one attached hydrogen (secondary N) is 1. The van der Waals surface area contributed by atoms with Gasteiger partial charge in [0.1, 0.15) is 0 Å². The lowest BCUT2D eigenvalue weighted by molar-refractivity contribution is -0.138. The Morgan fingerprint density at radius 1 is 1.35 bits per heavy atom. The van der Waals surface area contributed by atoms with Crippen molar-refractivity contribution in [1.29, 1.82) is 0 Å². The Bertz CT molecular complexity index is 442. The van der Waals surface area contributed by atoms with Gasteiger partial charge in [0.05, 0.1) is 6.54 Å². The Hall–Kier alpha value is -0.850. The lowest BCUT2D eigenvalue weighted by Crippen LogP contribution is -2.34. The second-order valence-corrected chi connectivity index (χ2v) is 5.26. The van der Waals surface area contributed by atoms with E-state index in [-0.39, 0.29) is 4.77 Å². The molecule has 98 valence electrons. The van der Waals surface area contributed by atoms with Gasteiger partial charge in [0.25, 0.3) is 0 Å². The Labute approximate surface area is 102 Å². The molecule has 0 atom stereocenters. The van der Waals surface area contributed by atoms with Crippen LogP contribution in [0.5, 0.6) is 0 Å². The molecule has 0 saturated carbocycles. The molecule has 0 amide bonds. The van der Waals surface area contributed by atoms with Gasteiger partial charge in [-0.3, -0.25) is 0 Å². The maximum atomic E-state index is 13.0. The van der Waals surface area contributed by atoms with E-state index in [2.05, 4.69) is 4.98 Å². The molecule has 0 saturated heterocycles. The quantitative estimate of drug-likeness (QED) is 0.655. The van der Waals surface area contributed by atoms with Gasteiger partial charge < -0.3 is 9.55 Å². The smallest absolute Gasteiger partial charge is 0.324 e. The van der Waals surface area contributed by atoms with E-state index >= 15 is 0 Å². The van der Waals surface area contributed by atoms with Crippen molar-refractivity contribution < 1.29 is 17.6 Å². The summed E-state index contributed by atoms with van der Waals surface area (Å²) in [7, 11) is 0. The largest absolute Gasteiger partial charge is 0.337 e. The van der Waals surface area contributed by atoms with E-state index in [4.69, 9.17) is 12.2 Å². The molecule has 0 spiro atoms. The second-order valence-electron chi connectivity index (χ2n) is 4.88. The van der Waals surface area contributed by atoms with Crippen molar-refractivity contribution in [3.05, 3.63) is 16.7 Å². The van der Waals surface area contributed by atoms with Gasteiger partial charge in [-0.05, 0) is 12.2 Å². The first kappa shape index (κ1) is 14.2. The Morgan fingerprint density at radius 3 is 2.29 bits per heavy atom. The van der Waals surface area contributed by atoms with Crippen LogP contribution in [0.1, 0.15) is 26.5 Å². The molecule has 0 radical (unpaired) electrons. The van der Waals surface area contributed by atoms with Crippen LogP contribution in [0.25, 0.3) is 0 Å². The number of aromatic nitrogens is 2. The lowest BCUT2D eigenvalue weighted by atomic mass is 9.92. The number of alkyl halides is 4. The molecule has 1 heterocycles. The molecule has 7 heteroatoms. The highest BCUT2D eigenvalue weighted by molar-refractivity contribution is 7.71. The van der Waals surface area contributed by atoms with Crippen molar-refractivity contribution in [3.63, 3.8) is 0 Å². The number of nitrogens with zero attached hydrogens (tertiary/aromatic N) is 1. The average Bonchev–Trinajstić information content (AvgIpc) is 2.46. The minimum atomic E-state index is -4.08. The van der Waals surface area contributed by atoms with Crippen molar-refractivity contribution in [2.24, 2.45) is 0 Å². The summed E-state index contributed by atoms with van der Waals surface area (Å²) in [6.45, 7) is 4.27. The van der Waals surface area contributed by atoms with Crippen LogP contribution >= 0.6 is 12.2 Å². The van der Waals surface area contributed by atoms with Crippen molar-refractivity contribution in [1.82, 2.24) is 9.55 Å². The van der Waals surface area contributed by atoms with Crippen molar-refractivity contribution in [3.8, 4) is 0 Å². The number of aromatic amines is 1. The summed E-state index contributed by atoms with van der Waals surface area (Å²) in [5, 5.41) is 0. The fourth-order valence-electron chi connectivity index (χ4n) is 1.45. The maximum Gasteiger partial charge on any atom is 0.324 e. The molecule has 1 aromatic rings. The molecule has 0 aliphatic heterocycles. The van der Waals surface area contributed by atoms with Crippen molar-refractivity contribution in [2.45, 2.75) is 45.1 Å². The summed E-state index contributed by atoms with van der Waals surface area (Å²) in [6.07, 6.45) is -2.23. The van der Waals surface area contributed by atoms with Crippen LogP contribution in [0.3, 0.4) is 0 Å². The van der Waals surface area contributed by atoms with Gasteiger partial charge in [-0.1, -0.05) is 20.8 Å². The third-order valence-corrected chi connectivity index (χ3v) is 2.66. The highest BCUT2D eigenvalue weighted by atomic mass is 32.1. The average molecular weight is 270 g/mol. The zero-order chi connectivity index (χ0) is 13.4. The molecule has 0 bridgehead atoms. The predicted octanol–water partition coefficient (Wildman–Crippen LogP) is 3.74. The summed E-state index contributed by atoms with van der Waals surface area (Å²) in [4.78, 5) is 2.60. The number of hydrogen-bond donors (Lipinski definition) is 1. The fourth-order valence-corrected chi connectivity index (χ4v) is 1.68. The fraction of sp³-hybridized carbons (Fsp3) is 0.700. The molecule has 17 heavy (non-hydrogen) atoms. The van der Waals surface area contributed by atoms with Gasteiger partial charge in [-0.15, -0.1) is 0 Å². The van der Waals surface area contributed by atoms with Gasteiger partial charge in [0.2, 0.25) is 0 Å². The first-order chi connectivity index (χ1) is 7.55. The molecular weight excluding hydrogens is 256 g/mol. The topological polar surface area (TPSA) is 20.7 Å². The first-order valence-corrected chi connectivity index (χ1v) is 5.41. The highest BCUT2D eigenvalue weighted by Gasteiger charge is 2.42. The van der Waals surface area contributed by atoms with Crippen LogP contribution in [0.4, 0.5) is 17.6 Å². The third kappa shape index (κ3) is 3.08. The second kappa shape index (κ2) is 4.44. The normalized spacial score (nSPS) is 13.4. The van der Waals surface area contributed by atoms with Crippen LogP contribution in [-0.2, 0) is 12.0 Å². The predicted molar refractivity (Wildman–Crippen MR) is 59.3 cm³/mol. The first-order valence-electron chi connectivity index (χ1n) is 5.00. The summed E-state index contributed by atoms with van der Waals surface area (Å²) in [5.41, 5.74) is 0.0222. The number of H-pyrrole nitrogens is 1. The van der Waals surface area contributed by atoms with E-state index in [0.717, 1.165) is 4.57 Å². The minimum absolute atomic E-state index is 0.0234. The summed E-state index contributed by atoms with van der Waals surface area (Å²) >= 11 is 4.83. The summed E-state index contributed by atoms with van der Waals surface area (Å²) < 4.78 is 51.4. The number of halogens is 4. The number of imidazole rings is 1. The molecule has 1 aromatic heterocycles. The number of rotatable bonds is 3. The van der Waals surface area contributed by atoms with Gasteiger partial charge in [-0.25, -0.2) is 8.78 Å². The van der Waals surface area contributed by atoms with Crippen molar-refractivity contribution in [2.75, 3.05) is 0 Å². The standard InChI is InChI=1S/C10H14F4N2S/c1-9(2,3)6-4-15-8(17)16(6)5-10(13,14)7(11)12/h4,7H,5H2,1-3H3,(H,15,17). The highest BCUT2D eigenvalue weighted by Crippen LogP contribution is 2.29. The van der Waals surface area contributed by atoms with E-state index in [9.17, 15) is 17.6 Å². The summed E-state index contributed by atoms with van der Waals surface area (Å²) in [6, 6.07) is 0. The van der Waals surface area contributed by atoms with Gasteiger partial charge in [0, 0.05) is 17.3 Å². The van der Waals surface area contributed by atoms with Crippen LogP contribution in [0.2, 0.25) is 0 Å². The molecule has 0 aliphatic carbocycles. The maximum absolute atomic E-state index is 13.0. The van der Waals surface area contributed by atoms with Crippen LogP contribution in [-0.4, -0.2) is 21.9 Å². The van der Waals surface area contributed by atoms with E-state index < -0.39 is 24.3 Å². The Morgan fingerprint density at radius 2 is 1.88 bits per heavy atom. The molecule has 0 aromatic carbocycles. The van der Waals surface area contributed by atoms with E-state index in [1.807, 2.05) is 0 Å². The Kier molecular flexibility index (Phi) is 3.71. The zero-order valence-electron chi connectivity index (χ0n) is 9.73. The monoisotopic (exact) mass is 270 g/mol. The van der Waals surface area contributed by atoms with Crippen LogP contribution in [0.15, 0.2) is 6.20 Å². The molecule has 0 unspecified atom stereocenters. The zero-order valence-corrected chi connectivity index (χ0v) is 10.5. The summed E-state index contributed by atoms with van der Waals surface area (Å²) in [5.74, 6) is -4.08. The number of hydrogen-bond acceptors (Lipinski definition) is 1. The van der Waals surface area contributed by atoms with Crippen molar-refractivity contribution >= 4 is 12.2 Å². The molecule has 1 rings (SSSR count). The Balaban J connectivity index is 3.16. The van der Waals surface area contributed by atoms with Gasteiger partial charge >= 0.3 is 12.3 Å². The van der Waals surface area contributed by atoms with E-state index in [1.54, 1.807) is 20.8 Å². The molecule has 2 nitrogen and oxygen atoms in total. The lowest BCUT2D eigenvalue weighted by Gasteiger charge is -2.23. The SMILES string of the molecule is CC(C)(C)c1c[nH]c(=S)n1CC(F)(F)C(F)F. The van der Waals surface area contributed by atoms with Crippen LogP contribution in [0, 0.1) is 4.77 Å². The third-order valence-electron chi connectivity index (χ3n) is 2.32.